The fraction of sp³-hybridized carbons (Fsp3) is 0.450. The predicted molar refractivity (Wildman–Crippen MR) is 98.4 cm³/mol. The van der Waals surface area contributed by atoms with Crippen LogP contribution in [0, 0.1) is 5.92 Å². The van der Waals surface area contributed by atoms with Crippen molar-refractivity contribution >= 4 is 17.7 Å². The quantitative estimate of drug-likeness (QED) is 0.767. The Balaban J connectivity index is 1.58. The molecule has 0 bridgehead atoms. The topological polar surface area (TPSA) is 60.9 Å². The van der Waals surface area contributed by atoms with Crippen LogP contribution in [-0.2, 0) is 9.59 Å². The van der Waals surface area contributed by atoms with E-state index >= 15 is 0 Å². The van der Waals surface area contributed by atoms with Gasteiger partial charge in [-0.05, 0) is 18.6 Å². The maximum absolute atomic E-state index is 12.8. The van der Waals surface area contributed by atoms with Gasteiger partial charge in [0.1, 0.15) is 0 Å². The summed E-state index contributed by atoms with van der Waals surface area (Å²) in [6.07, 6.45) is 2.71. The van der Waals surface area contributed by atoms with Gasteiger partial charge in [-0.25, -0.2) is 0 Å². The Morgan fingerprint density at radius 2 is 1.77 bits per heavy atom. The van der Waals surface area contributed by atoms with E-state index in [1.165, 1.54) is 0 Å². The van der Waals surface area contributed by atoms with E-state index in [0.29, 0.717) is 44.8 Å². The van der Waals surface area contributed by atoms with E-state index in [1.807, 2.05) is 40.1 Å². The van der Waals surface area contributed by atoms with Crippen molar-refractivity contribution in [2.75, 3.05) is 39.3 Å². The van der Waals surface area contributed by atoms with Gasteiger partial charge in [0, 0.05) is 51.3 Å². The lowest BCUT2D eigenvalue weighted by Gasteiger charge is -2.24. The van der Waals surface area contributed by atoms with E-state index in [-0.39, 0.29) is 30.1 Å². The van der Waals surface area contributed by atoms with Crippen molar-refractivity contribution in [3.05, 3.63) is 48.6 Å². The van der Waals surface area contributed by atoms with Crippen LogP contribution in [0.4, 0.5) is 0 Å². The summed E-state index contributed by atoms with van der Waals surface area (Å²) in [4.78, 5) is 42.7. The number of rotatable bonds is 4. The number of carbonyl (C=O) groups is 3. The highest BCUT2D eigenvalue weighted by molar-refractivity contribution is 5.94. The molecule has 2 fully saturated rings. The van der Waals surface area contributed by atoms with Gasteiger partial charge in [-0.3, -0.25) is 14.4 Å². The second-order valence-corrected chi connectivity index (χ2v) is 6.83. The molecular formula is C20H25N3O3. The Kier molecular flexibility index (Phi) is 5.71. The molecule has 6 nitrogen and oxygen atoms in total. The molecule has 2 saturated heterocycles. The van der Waals surface area contributed by atoms with E-state index in [9.17, 15) is 14.4 Å². The van der Waals surface area contributed by atoms with Crippen LogP contribution in [0.15, 0.2) is 43.0 Å². The predicted octanol–water partition coefficient (Wildman–Crippen LogP) is 1.40. The zero-order valence-corrected chi connectivity index (χ0v) is 15.0. The minimum Gasteiger partial charge on any atom is -0.341 e. The molecule has 138 valence electrons. The van der Waals surface area contributed by atoms with Crippen molar-refractivity contribution < 1.29 is 14.4 Å². The summed E-state index contributed by atoms with van der Waals surface area (Å²) in [5, 5.41) is 0. The average Bonchev–Trinajstić information content (AvgIpc) is 2.87. The standard InChI is InChI=1S/C20H25N3O3/c1-2-9-23-15-17(14-18(23)24)20(26)22-11-6-10-21(12-13-22)19(25)16-7-4-3-5-8-16/h2-5,7-8,17H,1,6,9-15H2. The van der Waals surface area contributed by atoms with Gasteiger partial charge >= 0.3 is 0 Å². The molecule has 3 rings (SSSR count). The van der Waals surface area contributed by atoms with Gasteiger partial charge in [0.05, 0.1) is 5.92 Å². The number of carbonyl (C=O) groups excluding carboxylic acids is 3. The van der Waals surface area contributed by atoms with E-state index in [4.69, 9.17) is 0 Å². The summed E-state index contributed by atoms with van der Waals surface area (Å²) in [6.45, 7) is 6.92. The van der Waals surface area contributed by atoms with E-state index in [0.717, 1.165) is 6.42 Å². The lowest BCUT2D eigenvalue weighted by atomic mass is 10.1. The molecule has 2 aliphatic heterocycles. The zero-order chi connectivity index (χ0) is 18.5. The summed E-state index contributed by atoms with van der Waals surface area (Å²) in [6, 6.07) is 9.22. The van der Waals surface area contributed by atoms with Crippen molar-refractivity contribution in [2.45, 2.75) is 12.8 Å². The molecule has 6 heteroatoms. The molecule has 2 aliphatic rings. The minimum atomic E-state index is -0.279. The molecule has 0 spiro atoms. The second kappa shape index (κ2) is 8.17. The highest BCUT2D eigenvalue weighted by atomic mass is 16.2. The van der Waals surface area contributed by atoms with Gasteiger partial charge in [0.15, 0.2) is 0 Å². The Labute approximate surface area is 154 Å². The zero-order valence-electron chi connectivity index (χ0n) is 15.0. The summed E-state index contributed by atoms with van der Waals surface area (Å²) < 4.78 is 0. The smallest absolute Gasteiger partial charge is 0.253 e. The SMILES string of the molecule is C=CCN1CC(C(=O)N2CCCN(C(=O)c3ccccc3)CC2)CC1=O. The molecule has 1 aromatic rings. The molecule has 0 radical (unpaired) electrons. The van der Waals surface area contributed by atoms with Crippen LogP contribution in [0.25, 0.3) is 0 Å². The van der Waals surface area contributed by atoms with E-state index < -0.39 is 0 Å². The molecule has 0 N–H and O–H groups in total. The Morgan fingerprint density at radius 1 is 1.08 bits per heavy atom. The third kappa shape index (κ3) is 3.95. The molecule has 0 aromatic heterocycles. The lowest BCUT2D eigenvalue weighted by molar-refractivity contribution is -0.135. The van der Waals surface area contributed by atoms with Crippen LogP contribution >= 0.6 is 0 Å². The van der Waals surface area contributed by atoms with Gasteiger partial charge < -0.3 is 14.7 Å². The van der Waals surface area contributed by atoms with Crippen molar-refractivity contribution in [1.29, 1.82) is 0 Å². The highest BCUT2D eigenvalue weighted by Crippen LogP contribution is 2.21. The molecular weight excluding hydrogens is 330 g/mol. The number of hydrogen-bond acceptors (Lipinski definition) is 3. The van der Waals surface area contributed by atoms with Crippen LogP contribution in [0.3, 0.4) is 0 Å². The van der Waals surface area contributed by atoms with Crippen LogP contribution < -0.4 is 0 Å². The maximum atomic E-state index is 12.8. The van der Waals surface area contributed by atoms with Crippen LogP contribution in [0.1, 0.15) is 23.2 Å². The lowest BCUT2D eigenvalue weighted by Crippen LogP contribution is -2.40. The van der Waals surface area contributed by atoms with Gasteiger partial charge in [-0.1, -0.05) is 24.3 Å². The first-order chi connectivity index (χ1) is 12.6. The van der Waals surface area contributed by atoms with Crippen molar-refractivity contribution in [3.63, 3.8) is 0 Å². The first-order valence-electron chi connectivity index (χ1n) is 9.12. The number of benzene rings is 1. The number of amides is 3. The molecule has 0 aliphatic carbocycles. The van der Waals surface area contributed by atoms with Crippen LogP contribution in [0.2, 0.25) is 0 Å². The molecule has 1 unspecified atom stereocenters. The first kappa shape index (κ1) is 18.2. The van der Waals surface area contributed by atoms with E-state index in [2.05, 4.69) is 6.58 Å². The summed E-state index contributed by atoms with van der Waals surface area (Å²) >= 11 is 0. The molecule has 1 aromatic carbocycles. The average molecular weight is 355 g/mol. The third-order valence-corrected chi connectivity index (χ3v) is 5.03. The largest absolute Gasteiger partial charge is 0.341 e. The number of nitrogens with zero attached hydrogens (tertiary/aromatic N) is 3. The van der Waals surface area contributed by atoms with Gasteiger partial charge in [0.25, 0.3) is 5.91 Å². The third-order valence-electron chi connectivity index (χ3n) is 5.03. The van der Waals surface area contributed by atoms with Gasteiger partial charge in [0.2, 0.25) is 11.8 Å². The van der Waals surface area contributed by atoms with Gasteiger partial charge in [-0.2, -0.15) is 0 Å². The molecule has 3 amide bonds. The summed E-state index contributed by atoms with van der Waals surface area (Å²) in [5.74, 6) is -0.232. The molecule has 0 saturated carbocycles. The van der Waals surface area contributed by atoms with Gasteiger partial charge in [-0.15, -0.1) is 6.58 Å². The molecule has 2 heterocycles. The Bertz CT molecular complexity index is 689. The fourth-order valence-corrected chi connectivity index (χ4v) is 3.63. The van der Waals surface area contributed by atoms with E-state index in [1.54, 1.807) is 11.0 Å². The highest BCUT2D eigenvalue weighted by Gasteiger charge is 2.36. The monoisotopic (exact) mass is 355 g/mol. The van der Waals surface area contributed by atoms with Crippen LogP contribution in [-0.4, -0.2) is 71.7 Å². The minimum absolute atomic E-state index is 0.00750. The normalized spacial score (nSPS) is 20.8. The summed E-state index contributed by atoms with van der Waals surface area (Å²) in [7, 11) is 0. The fourth-order valence-electron chi connectivity index (χ4n) is 3.63. The second-order valence-electron chi connectivity index (χ2n) is 6.83. The van der Waals surface area contributed by atoms with Crippen molar-refractivity contribution in [3.8, 4) is 0 Å². The number of likely N-dealkylation sites (tertiary alicyclic amines) is 1. The number of hydrogen-bond donors (Lipinski definition) is 0. The van der Waals surface area contributed by atoms with Crippen LogP contribution in [0.5, 0.6) is 0 Å². The summed E-state index contributed by atoms with van der Waals surface area (Å²) in [5.41, 5.74) is 0.675. The van der Waals surface area contributed by atoms with Crippen molar-refractivity contribution in [2.24, 2.45) is 5.92 Å². The first-order valence-corrected chi connectivity index (χ1v) is 9.12. The molecule has 1 atom stereocenters. The maximum Gasteiger partial charge on any atom is 0.253 e. The Hall–Kier alpha value is -2.63. The Morgan fingerprint density at radius 3 is 2.50 bits per heavy atom. The molecule has 26 heavy (non-hydrogen) atoms. The van der Waals surface area contributed by atoms with Crippen molar-refractivity contribution in [1.82, 2.24) is 14.7 Å².